The van der Waals surface area contributed by atoms with Crippen LogP contribution in [0.5, 0.6) is 11.1 Å². The van der Waals surface area contributed by atoms with Gasteiger partial charge >= 0.3 is 0 Å². The van der Waals surface area contributed by atoms with Gasteiger partial charge in [0.1, 0.15) is 18.2 Å². The highest BCUT2D eigenvalue weighted by Crippen LogP contribution is 2.24. The molecule has 0 bridgehead atoms. The first-order chi connectivity index (χ1) is 9.85. The zero-order valence-corrected chi connectivity index (χ0v) is 12.0. The van der Waals surface area contributed by atoms with Crippen LogP contribution in [0.2, 0.25) is 0 Å². The van der Waals surface area contributed by atoms with Gasteiger partial charge in [0.25, 0.3) is 5.19 Å². The molecule has 1 aliphatic rings. The lowest BCUT2D eigenvalue weighted by atomic mass is 10.1. The van der Waals surface area contributed by atoms with Gasteiger partial charge in [0.15, 0.2) is 0 Å². The van der Waals surface area contributed by atoms with Crippen molar-refractivity contribution in [3.63, 3.8) is 0 Å². The zero-order valence-electron chi connectivity index (χ0n) is 11.2. The van der Waals surface area contributed by atoms with E-state index in [9.17, 15) is 0 Å². The molecule has 1 aliphatic heterocycles. The van der Waals surface area contributed by atoms with Crippen LogP contribution >= 0.6 is 11.3 Å². The van der Waals surface area contributed by atoms with E-state index in [2.05, 4.69) is 19.9 Å². The van der Waals surface area contributed by atoms with Crippen molar-refractivity contribution in [2.45, 2.75) is 18.9 Å². The molecule has 0 radical (unpaired) electrons. The lowest BCUT2D eigenvalue weighted by Crippen LogP contribution is -2.38. The average molecular weight is 292 g/mol. The molecule has 0 saturated carbocycles. The second-order valence-corrected chi connectivity index (χ2v) is 5.38. The van der Waals surface area contributed by atoms with Crippen molar-refractivity contribution in [2.24, 2.45) is 0 Å². The summed E-state index contributed by atoms with van der Waals surface area (Å²) in [6.07, 6.45) is 5.47. The van der Waals surface area contributed by atoms with E-state index in [1.807, 2.05) is 11.4 Å². The van der Waals surface area contributed by atoms with E-state index in [4.69, 9.17) is 9.47 Å². The Balaban J connectivity index is 1.57. The molecule has 0 aromatic carbocycles. The molecule has 6 nitrogen and oxygen atoms in total. The third-order valence-corrected chi connectivity index (χ3v) is 3.94. The zero-order chi connectivity index (χ0) is 13.8. The molecule has 3 rings (SSSR count). The van der Waals surface area contributed by atoms with E-state index >= 15 is 0 Å². The van der Waals surface area contributed by atoms with Crippen LogP contribution in [0.3, 0.4) is 0 Å². The van der Waals surface area contributed by atoms with Gasteiger partial charge in [-0.2, -0.15) is 0 Å². The number of rotatable bonds is 4. The van der Waals surface area contributed by atoms with E-state index in [0.29, 0.717) is 5.88 Å². The third-order valence-electron chi connectivity index (χ3n) is 3.28. The summed E-state index contributed by atoms with van der Waals surface area (Å²) in [5.41, 5.74) is 0. The minimum Gasteiger partial charge on any atom is -0.481 e. The third kappa shape index (κ3) is 2.98. The predicted molar refractivity (Wildman–Crippen MR) is 76.6 cm³/mol. The van der Waals surface area contributed by atoms with Crippen LogP contribution in [0.1, 0.15) is 12.8 Å². The molecule has 1 fully saturated rings. The first kappa shape index (κ1) is 13.1. The Hall–Kier alpha value is -1.89. The second-order valence-electron chi connectivity index (χ2n) is 4.52. The van der Waals surface area contributed by atoms with Crippen LogP contribution in [0, 0.1) is 0 Å². The van der Waals surface area contributed by atoms with Gasteiger partial charge in [0.2, 0.25) is 5.88 Å². The minimum atomic E-state index is 0.237. The van der Waals surface area contributed by atoms with Gasteiger partial charge in [-0.25, -0.2) is 15.0 Å². The number of methoxy groups -OCH3 is 1. The van der Waals surface area contributed by atoms with Crippen LogP contribution in [0.25, 0.3) is 0 Å². The Labute approximate surface area is 121 Å². The molecule has 7 heteroatoms. The number of hydrogen-bond donors (Lipinski definition) is 0. The van der Waals surface area contributed by atoms with Crippen molar-refractivity contribution in [1.82, 2.24) is 15.0 Å². The quantitative estimate of drug-likeness (QED) is 0.859. The Bertz CT molecular complexity index is 541. The Kier molecular flexibility index (Phi) is 3.96. The predicted octanol–water partition coefficient (Wildman–Crippen LogP) is 1.99. The number of nitrogens with zero attached hydrogens (tertiary/aromatic N) is 4. The highest BCUT2D eigenvalue weighted by Gasteiger charge is 2.22. The molecule has 0 amide bonds. The number of ether oxygens (including phenoxy) is 2. The standard InChI is InChI=1S/C13H16N4O2S/c1-18-12-8-11(15-9-16-12)17-5-2-10(3-6-17)19-13-14-4-7-20-13/h4,7-10H,2-3,5-6H2,1H3. The number of aromatic nitrogens is 3. The Morgan fingerprint density at radius 2 is 2.10 bits per heavy atom. The number of piperidine rings is 1. The van der Waals surface area contributed by atoms with Crippen molar-refractivity contribution in [3.8, 4) is 11.1 Å². The molecule has 0 N–H and O–H groups in total. The number of anilines is 1. The first-order valence-electron chi connectivity index (χ1n) is 6.52. The summed E-state index contributed by atoms with van der Waals surface area (Å²) in [6.45, 7) is 1.83. The maximum absolute atomic E-state index is 5.85. The van der Waals surface area contributed by atoms with Gasteiger partial charge in [-0.3, -0.25) is 0 Å². The van der Waals surface area contributed by atoms with Gasteiger partial charge < -0.3 is 14.4 Å². The van der Waals surface area contributed by atoms with Gasteiger partial charge in [-0.1, -0.05) is 11.3 Å². The van der Waals surface area contributed by atoms with E-state index in [1.54, 1.807) is 13.3 Å². The molecule has 2 aromatic heterocycles. The average Bonchev–Trinajstić information content (AvgIpc) is 3.01. The fourth-order valence-electron chi connectivity index (χ4n) is 2.23. The smallest absolute Gasteiger partial charge is 0.273 e. The second kappa shape index (κ2) is 6.04. The van der Waals surface area contributed by atoms with Gasteiger partial charge in [-0.15, -0.1) is 0 Å². The molecular weight excluding hydrogens is 276 g/mol. The van der Waals surface area contributed by atoms with Gasteiger partial charge in [0, 0.05) is 43.6 Å². The summed E-state index contributed by atoms with van der Waals surface area (Å²) in [4.78, 5) is 14.7. The largest absolute Gasteiger partial charge is 0.481 e. The van der Waals surface area contributed by atoms with Crippen LogP contribution in [0.15, 0.2) is 24.0 Å². The summed E-state index contributed by atoms with van der Waals surface area (Å²) in [5, 5.41) is 2.68. The Morgan fingerprint density at radius 3 is 2.80 bits per heavy atom. The van der Waals surface area contributed by atoms with Crippen molar-refractivity contribution in [2.75, 3.05) is 25.1 Å². The minimum absolute atomic E-state index is 0.237. The molecule has 0 atom stereocenters. The van der Waals surface area contributed by atoms with E-state index < -0.39 is 0 Å². The van der Waals surface area contributed by atoms with E-state index in [1.165, 1.54) is 17.7 Å². The number of hydrogen-bond acceptors (Lipinski definition) is 7. The first-order valence-corrected chi connectivity index (χ1v) is 7.40. The molecule has 1 saturated heterocycles. The van der Waals surface area contributed by atoms with Crippen LogP contribution in [-0.4, -0.2) is 41.3 Å². The van der Waals surface area contributed by atoms with Crippen molar-refractivity contribution in [3.05, 3.63) is 24.0 Å². The van der Waals surface area contributed by atoms with Crippen LogP contribution in [-0.2, 0) is 0 Å². The van der Waals surface area contributed by atoms with Crippen molar-refractivity contribution < 1.29 is 9.47 Å². The van der Waals surface area contributed by atoms with Gasteiger partial charge in [0.05, 0.1) is 7.11 Å². The molecular formula is C13H16N4O2S. The summed E-state index contributed by atoms with van der Waals surface area (Å²) >= 11 is 1.53. The monoisotopic (exact) mass is 292 g/mol. The van der Waals surface area contributed by atoms with Crippen LogP contribution in [0.4, 0.5) is 5.82 Å². The highest BCUT2D eigenvalue weighted by atomic mass is 32.1. The van der Waals surface area contributed by atoms with E-state index in [-0.39, 0.29) is 6.10 Å². The highest BCUT2D eigenvalue weighted by molar-refractivity contribution is 7.11. The summed E-state index contributed by atoms with van der Waals surface area (Å²) in [7, 11) is 1.61. The topological polar surface area (TPSA) is 60.4 Å². The summed E-state index contributed by atoms with van der Waals surface area (Å²) in [6, 6.07) is 1.86. The lowest BCUT2D eigenvalue weighted by molar-refractivity contribution is 0.170. The normalized spacial score (nSPS) is 16.1. The Morgan fingerprint density at radius 1 is 1.25 bits per heavy atom. The molecule has 0 unspecified atom stereocenters. The molecule has 3 heterocycles. The summed E-state index contributed by atoms with van der Waals surface area (Å²) < 4.78 is 11.0. The SMILES string of the molecule is COc1cc(N2CCC(Oc3nccs3)CC2)ncn1. The lowest BCUT2D eigenvalue weighted by Gasteiger charge is -2.32. The maximum atomic E-state index is 5.85. The molecule has 106 valence electrons. The van der Waals surface area contributed by atoms with Crippen LogP contribution < -0.4 is 14.4 Å². The molecule has 0 aliphatic carbocycles. The molecule has 0 spiro atoms. The number of thiazole rings is 1. The molecule has 20 heavy (non-hydrogen) atoms. The molecule has 2 aromatic rings. The van der Waals surface area contributed by atoms with Crippen molar-refractivity contribution >= 4 is 17.2 Å². The maximum Gasteiger partial charge on any atom is 0.273 e. The van der Waals surface area contributed by atoms with Crippen molar-refractivity contribution in [1.29, 1.82) is 0 Å². The summed E-state index contributed by atoms with van der Waals surface area (Å²) in [5.74, 6) is 1.50. The van der Waals surface area contributed by atoms with E-state index in [0.717, 1.165) is 36.9 Å². The fourth-order valence-corrected chi connectivity index (χ4v) is 2.78. The fraction of sp³-hybridized carbons (Fsp3) is 0.462. The van der Waals surface area contributed by atoms with Gasteiger partial charge in [-0.05, 0) is 0 Å².